The van der Waals surface area contributed by atoms with E-state index in [2.05, 4.69) is 0 Å². The van der Waals surface area contributed by atoms with Gasteiger partial charge in [0.2, 0.25) is 0 Å². The first-order valence-corrected chi connectivity index (χ1v) is 9.23. The number of phenols is 1. The highest BCUT2D eigenvalue weighted by Crippen LogP contribution is 2.37. The number of carbonyl (C=O) groups excluding carboxylic acids is 1. The lowest BCUT2D eigenvalue weighted by molar-refractivity contribution is -0.113. The molecule has 2 aromatic carbocycles. The first kappa shape index (κ1) is 19.2. The summed E-state index contributed by atoms with van der Waals surface area (Å²) in [4.78, 5) is 25.5. The second kappa shape index (κ2) is 7.96. The van der Waals surface area contributed by atoms with Gasteiger partial charge in [0.05, 0.1) is 10.6 Å². The standard InChI is InChI=1S/C19H12ClNO4S2/c20-12(8-11-4-2-1-3-5-11)9-16-17(23)21(19(26)27-16)13-6-7-15(22)14(10-13)18(24)25/h1-10,22H,(H,24,25)/b12-8-,16-9-. The lowest BCUT2D eigenvalue weighted by atomic mass is 10.1. The molecule has 1 saturated heterocycles. The SMILES string of the molecule is O=C(O)c1cc(N2C(=O)/C(=C/C(Cl)=C/c3ccccc3)SC2=S)ccc1O. The van der Waals surface area contributed by atoms with E-state index in [0.717, 1.165) is 17.3 Å². The fourth-order valence-corrected chi connectivity index (χ4v) is 3.99. The summed E-state index contributed by atoms with van der Waals surface area (Å²) in [5, 5.41) is 19.1. The number of allylic oxidation sites excluding steroid dienone is 2. The zero-order valence-electron chi connectivity index (χ0n) is 13.6. The van der Waals surface area contributed by atoms with E-state index in [1.165, 1.54) is 29.2 Å². The van der Waals surface area contributed by atoms with E-state index in [1.807, 2.05) is 30.3 Å². The number of hydrogen-bond donors (Lipinski definition) is 2. The molecule has 0 unspecified atom stereocenters. The van der Waals surface area contributed by atoms with Crippen LogP contribution in [0.25, 0.3) is 6.08 Å². The predicted octanol–water partition coefficient (Wildman–Crippen LogP) is 4.62. The van der Waals surface area contributed by atoms with Crippen LogP contribution in [0.3, 0.4) is 0 Å². The van der Waals surface area contributed by atoms with Gasteiger partial charge in [-0.1, -0.05) is 65.9 Å². The molecule has 0 aliphatic carbocycles. The van der Waals surface area contributed by atoms with Crippen molar-refractivity contribution in [3.8, 4) is 5.75 Å². The second-order valence-electron chi connectivity index (χ2n) is 5.46. The van der Waals surface area contributed by atoms with Gasteiger partial charge in [0.1, 0.15) is 11.3 Å². The molecule has 8 heteroatoms. The summed E-state index contributed by atoms with van der Waals surface area (Å²) in [5.74, 6) is -2.10. The van der Waals surface area contributed by atoms with Crippen LogP contribution in [0.5, 0.6) is 5.75 Å². The minimum Gasteiger partial charge on any atom is -0.507 e. The normalized spacial score (nSPS) is 16.3. The molecule has 0 atom stereocenters. The maximum Gasteiger partial charge on any atom is 0.339 e. The van der Waals surface area contributed by atoms with Gasteiger partial charge in [-0.15, -0.1) is 0 Å². The number of hydrogen-bond acceptors (Lipinski definition) is 5. The van der Waals surface area contributed by atoms with Gasteiger partial charge < -0.3 is 10.2 Å². The number of amides is 1. The maximum absolute atomic E-state index is 12.7. The zero-order valence-corrected chi connectivity index (χ0v) is 16.0. The molecule has 0 spiro atoms. The summed E-state index contributed by atoms with van der Waals surface area (Å²) in [6.45, 7) is 0. The number of nitrogens with zero attached hydrogens (tertiary/aromatic N) is 1. The van der Waals surface area contributed by atoms with Gasteiger partial charge in [0, 0.05) is 5.03 Å². The number of carboxylic acids is 1. The van der Waals surface area contributed by atoms with Gasteiger partial charge in [-0.3, -0.25) is 9.69 Å². The monoisotopic (exact) mass is 417 g/mol. The minimum absolute atomic E-state index is 0.248. The Labute approximate surface area is 169 Å². The first-order chi connectivity index (χ1) is 12.9. The zero-order chi connectivity index (χ0) is 19.6. The molecule has 1 aliphatic heterocycles. The molecule has 0 aromatic heterocycles. The Kier molecular flexibility index (Phi) is 5.65. The molecule has 27 heavy (non-hydrogen) atoms. The Hall–Kier alpha value is -2.61. The number of thioether (sulfide) groups is 1. The third kappa shape index (κ3) is 4.21. The highest BCUT2D eigenvalue weighted by atomic mass is 35.5. The Morgan fingerprint density at radius 3 is 2.56 bits per heavy atom. The van der Waals surface area contributed by atoms with Crippen LogP contribution in [0, 0.1) is 0 Å². The van der Waals surface area contributed by atoms with Gasteiger partial charge in [-0.25, -0.2) is 4.79 Å². The van der Waals surface area contributed by atoms with Crippen molar-refractivity contribution in [2.45, 2.75) is 0 Å². The number of benzene rings is 2. The number of halogens is 1. The van der Waals surface area contributed by atoms with E-state index in [0.29, 0.717) is 9.94 Å². The van der Waals surface area contributed by atoms with Crippen LogP contribution in [0.1, 0.15) is 15.9 Å². The summed E-state index contributed by atoms with van der Waals surface area (Å²) in [6.07, 6.45) is 3.24. The van der Waals surface area contributed by atoms with E-state index in [9.17, 15) is 14.7 Å². The van der Waals surface area contributed by atoms with E-state index in [-0.39, 0.29) is 21.3 Å². The largest absolute Gasteiger partial charge is 0.507 e. The topological polar surface area (TPSA) is 77.8 Å². The summed E-state index contributed by atoms with van der Waals surface area (Å²) < 4.78 is 0.248. The van der Waals surface area contributed by atoms with Crippen molar-refractivity contribution in [2.75, 3.05) is 4.90 Å². The van der Waals surface area contributed by atoms with Crippen LogP contribution < -0.4 is 4.90 Å². The molecule has 1 heterocycles. The molecule has 0 bridgehead atoms. The van der Waals surface area contributed by atoms with Crippen LogP contribution >= 0.6 is 35.6 Å². The van der Waals surface area contributed by atoms with Gasteiger partial charge in [0.25, 0.3) is 5.91 Å². The summed E-state index contributed by atoms with van der Waals surface area (Å²) in [7, 11) is 0. The van der Waals surface area contributed by atoms with Crippen LogP contribution in [-0.2, 0) is 4.79 Å². The molecule has 0 saturated carbocycles. The molecule has 2 aromatic rings. The lowest BCUT2D eigenvalue weighted by Crippen LogP contribution is -2.27. The molecular weight excluding hydrogens is 406 g/mol. The van der Waals surface area contributed by atoms with Crippen LogP contribution in [0.2, 0.25) is 0 Å². The average molecular weight is 418 g/mol. The van der Waals surface area contributed by atoms with Crippen molar-refractivity contribution in [2.24, 2.45) is 0 Å². The third-order valence-corrected chi connectivity index (χ3v) is 5.16. The van der Waals surface area contributed by atoms with E-state index < -0.39 is 11.9 Å². The van der Waals surface area contributed by atoms with E-state index >= 15 is 0 Å². The molecule has 1 fully saturated rings. The van der Waals surface area contributed by atoms with E-state index in [4.69, 9.17) is 28.9 Å². The smallest absolute Gasteiger partial charge is 0.339 e. The molecular formula is C19H12ClNO4S2. The Morgan fingerprint density at radius 2 is 1.89 bits per heavy atom. The fourth-order valence-electron chi connectivity index (χ4n) is 2.40. The van der Waals surface area contributed by atoms with Gasteiger partial charge >= 0.3 is 5.97 Å². The third-order valence-electron chi connectivity index (χ3n) is 3.64. The van der Waals surface area contributed by atoms with Crippen molar-refractivity contribution in [1.29, 1.82) is 0 Å². The van der Waals surface area contributed by atoms with Crippen molar-refractivity contribution < 1.29 is 19.8 Å². The number of aromatic hydroxyl groups is 1. The lowest BCUT2D eigenvalue weighted by Gasteiger charge is -2.15. The van der Waals surface area contributed by atoms with Crippen molar-refractivity contribution in [3.05, 3.63) is 75.7 Å². The number of anilines is 1. The number of aromatic carboxylic acids is 1. The predicted molar refractivity (Wildman–Crippen MR) is 111 cm³/mol. The molecule has 1 amide bonds. The van der Waals surface area contributed by atoms with Crippen LogP contribution in [0.4, 0.5) is 5.69 Å². The molecule has 1 aliphatic rings. The summed E-state index contributed by atoms with van der Waals surface area (Å²) in [6, 6.07) is 13.2. The number of carbonyl (C=O) groups is 2. The second-order valence-corrected chi connectivity index (χ2v) is 7.58. The van der Waals surface area contributed by atoms with Crippen molar-refractivity contribution in [3.63, 3.8) is 0 Å². The van der Waals surface area contributed by atoms with Gasteiger partial charge in [0.15, 0.2) is 4.32 Å². The molecule has 136 valence electrons. The highest BCUT2D eigenvalue weighted by molar-refractivity contribution is 8.27. The van der Waals surface area contributed by atoms with E-state index in [1.54, 1.807) is 6.08 Å². The van der Waals surface area contributed by atoms with Crippen LogP contribution in [-0.4, -0.2) is 26.4 Å². The number of carboxylic acid groups (broad SMARTS) is 1. The fraction of sp³-hybridized carbons (Fsp3) is 0. The van der Waals surface area contributed by atoms with Crippen molar-refractivity contribution >= 4 is 63.5 Å². The first-order valence-electron chi connectivity index (χ1n) is 7.63. The molecule has 3 rings (SSSR count). The van der Waals surface area contributed by atoms with Crippen LogP contribution in [0.15, 0.2) is 64.5 Å². The summed E-state index contributed by atoms with van der Waals surface area (Å²) in [5.41, 5.74) is 0.839. The number of rotatable bonds is 4. The molecule has 2 N–H and O–H groups in total. The Balaban J connectivity index is 1.90. The molecule has 5 nitrogen and oxygen atoms in total. The Morgan fingerprint density at radius 1 is 1.19 bits per heavy atom. The minimum atomic E-state index is -1.30. The maximum atomic E-state index is 12.7. The Bertz CT molecular complexity index is 1000. The van der Waals surface area contributed by atoms with Gasteiger partial charge in [-0.05, 0) is 35.9 Å². The highest BCUT2D eigenvalue weighted by Gasteiger charge is 2.34. The van der Waals surface area contributed by atoms with Gasteiger partial charge in [-0.2, -0.15) is 0 Å². The summed E-state index contributed by atoms with van der Waals surface area (Å²) >= 11 is 12.6. The van der Waals surface area contributed by atoms with Crippen molar-refractivity contribution in [1.82, 2.24) is 0 Å². The quantitative estimate of drug-likeness (QED) is 0.558. The average Bonchev–Trinajstić information content (AvgIpc) is 2.89. The number of thiocarbonyl (C=S) groups is 1. The molecule has 0 radical (unpaired) electrons.